The van der Waals surface area contributed by atoms with Crippen LogP contribution in [-0.4, -0.2) is 56.7 Å². The molecule has 7 heteroatoms. The van der Waals surface area contributed by atoms with Gasteiger partial charge in [0.25, 0.3) is 0 Å². The molecule has 0 N–H and O–H groups in total. The van der Waals surface area contributed by atoms with Gasteiger partial charge in [0.15, 0.2) is 5.78 Å². The van der Waals surface area contributed by atoms with E-state index in [0.29, 0.717) is 31.7 Å². The van der Waals surface area contributed by atoms with Gasteiger partial charge in [0, 0.05) is 38.3 Å². The second kappa shape index (κ2) is 8.21. The number of hydrogen-bond acceptors (Lipinski definition) is 5. The lowest BCUT2D eigenvalue weighted by Gasteiger charge is -2.34. The minimum absolute atomic E-state index is 0.0786. The molecule has 0 aromatic heterocycles. The van der Waals surface area contributed by atoms with Crippen molar-refractivity contribution in [2.24, 2.45) is 0 Å². The van der Waals surface area contributed by atoms with Crippen molar-refractivity contribution < 1.29 is 17.9 Å². The molecule has 27 heavy (non-hydrogen) atoms. The van der Waals surface area contributed by atoms with Crippen molar-refractivity contribution in [2.45, 2.75) is 18.4 Å². The van der Waals surface area contributed by atoms with E-state index in [2.05, 4.69) is 4.90 Å². The van der Waals surface area contributed by atoms with Crippen LogP contribution in [-0.2, 0) is 16.6 Å². The van der Waals surface area contributed by atoms with Gasteiger partial charge in [0.1, 0.15) is 5.75 Å². The van der Waals surface area contributed by atoms with Gasteiger partial charge in [-0.25, -0.2) is 8.42 Å². The fourth-order valence-electron chi connectivity index (χ4n) is 3.17. The third-order valence-electron chi connectivity index (χ3n) is 4.77. The number of rotatable bonds is 6. The van der Waals surface area contributed by atoms with Crippen LogP contribution in [0.25, 0.3) is 0 Å². The first kappa shape index (κ1) is 19.5. The van der Waals surface area contributed by atoms with Crippen LogP contribution < -0.4 is 4.74 Å². The highest BCUT2D eigenvalue weighted by Crippen LogP contribution is 2.20. The van der Waals surface area contributed by atoms with Crippen LogP contribution in [0.2, 0.25) is 0 Å². The summed E-state index contributed by atoms with van der Waals surface area (Å²) < 4.78 is 32.4. The van der Waals surface area contributed by atoms with Crippen LogP contribution in [0.5, 0.6) is 5.75 Å². The van der Waals surface area contributed by atoms with E-state index in [-0.39, 0.29) is 10.7 Å². The second-order valence-corrected chi connectivity index (χ2v) is 8.55. The van der Waals surface area contributed by atoms with E-state index in [1.807, 2.05) is 24.3 Å². The number of sulfonamides is 1. The number of Topliss-reactive ketones (excluding diaryl/α,β-unsaturated/α-hetero) is 1. The standard InChI is InChI=1S/C20H24N2O4S/c1-16(23)18-6-8-20(9-7-18)27(24,25)22-12-10-21(11-13-22)15-17-4-3-5-19(14-17)26-2/h3-9,14H,10-13,15H2,1-2H3. The van der Waals surface area contributed by atoms with E-state index in [1.165, 1.54) is 23.4 Å². The Hall–Kier alpha value is -2.22. The number of carbonyl (C=O) groups is 1. The molecule has 1 heterocycles. The Kier molecular flexibility index (Phi) is 5.94. The average Bonchev–Trinajstić information content (AvgIpc) is 2.68. The highest BCUT2D eigenvalue weighted by Gasteiger charge is 2.28. The minimum Gasteiger partial charge on any atom is -0.497 e. The molecule has 0 aliphatic carbocycles. The third kappa shape index (κ3) is 4.55. The summed E-state index contributed by atoms with van der Waals surface area (Å²) in [5, 5.41) is 0. The molecule has 0 amide bonds. The monoisotopic (exact) mass is 388 g/mol. The van der Waals surface area contributed by atoms with Gasteiger partial charge in [-0.05, 0) is 36.8 Å². The van der Waals surface area contributed by atoms with Crippen LogP contribution in [0.15, 0.2) is 53.4 Å². The number of hydrogen-bond donors (Lipinski definition) is 0. The maximum absolute atomic E-state index is 12.8. The van der Waals surface area contributed by atoms with Crippen LogP contribution in [0.3, 0.4) is 0 Å². The smallest absolute Gasteiger partial charge is 0.243 e. The Balaban J connectivity index is 1.63. The minimum atomic E-state index is -3.54. The first-order valence-corrected chi connectivity index (χ1v) is 10.3. The van der Waals surface area contributed by atoms with Crippen molar-refractivity contribution in [1.82, 2.24) is 9.21 Å². The van der Waals surface area contributed by atoms with E-state index in [4.69, 9.17) is 4.74 Å². The molecule has 144 valence electrons. The van der Waals surface area contributed by atoms with Gasteiger partial charge in [0.05, 0.1) is 12.0 Å². The zero-order chi connectivity index (χ0) is 19.4. The maximum atomic E-state index is 12.8. The van der Waals surface area contributed by atoms with Crippen molar-refractivity contribution in [2.75, 3.05) is 33.3 Å². The lowest BCUT2D eigenvalue weighted by Crippen LogP contribution is -2.48. The Labute approximate surface area is 160 Å². The predicted octanol–water partition coefficient (Wildman–Crippen LogP) is 2.40. The van der Waals surface area contributed by atoms with Gasteiger partial charge in [-0.1, -0.05) is 24.3 Å². The zero-order valence-electron chi connectivity index (χ0n) is 15.6. The predicted molar refractivity (Wildman–Crippen MR) is 103 cm³/mol. The number of nitrogens with zero attached hydrogens (tertiary/aromatic N) is 2. The van der Waals surface area contributed by atoms with Crippen LogP contribution >= 0.6 is 0 Å². The molecule has 0 saturated carbocycles. The van der Waals surface area contributed by atoms with E-state index < -0.39 is 10.0 Å². The molecule has 6 nitrogen and oxygen atoms in total. The molecule has 0 spiro atoms. The molecule has 2 aromatic rings. The fraction of sp³-hybridized carbons (Fsp3) is 0.350. The second-order valence-electron chi connectivity index (χ2n) is 6.61. The summed E-state index contributed by atoms with van der Waals surface area (Å²) in [7, 11) is -1.89. The number of methoxy groups -OCH3 is 1. The highest BCUT2D eigenvalue weighted by atomic mass is 32.2. The molecule has 0 bridgehead atoms. The molecular weight excluding hydrogens is 364 g/mol. The van der Waals surface area contributed by atoms with Crippen molar-refractivity contribution in [3.63, 3.8) is 0 Å². The van der Waals surface area contributed by atoms with E-state index in [1.54, 1.807) is 19.2 Å². The Morgan fingerprint density at radius 3 is 2.30 bits per heavy atom. The Bertz CT molecular complexity index is 902. The van der Waals surface area contributed by atoms with Crippen molar-refractivity contribution >= 4 is 15.8 Å². The molecule has 0 unspecified atom stereocenters. The van der Waals surface area contributed by atoms with Gasteiger partial charge in [-0.2, -0.15) is 4.31 Å². The third-order valence-corrected chi connectivity index (χ3v) is 6.68. The molecule has 1 aliphatic rings. The summed E-state index contributed by atoms with van der Waals surface area (Å²) in [5.74, 6) is 0.743. The molecule has 1 aliphatic heterocycles. The molecule has 2 aromatic carbocycles. The van der Waals surface area contributed by atoms with Crippen LogP contribution in [0, 0.1) is 0 Å². The van der Waals surface area contributed by atoms with E-state index in [0.717, 1.165) is 17.9 Å². The SMILES string of the molecule is COc1cccc(CN2CCN(S(=O)(=O)c3ccc(C(C)=O)cc3)CC2)c1. The first-order chi connectivity index (χ1) is 12.9. The quantitative estimate of drug-likeness (QED) is 0.711. The van der Waals surface area contributed by atoms with Crippen LogP contribution in [0.4, 0.5) is 0 Å². The topological polar surface area (TPSA) is 66.9 Å². The average molecular weight is 388 g/mol. The van der Waals surface area contributed by atoms with E-state index >= 15 is 0 Å². The summed E-state index contributed by atoms with van der Waals surface area (Å²) in [6.07, 6.45) is 0. The summed E-state index contributed by atoms with van der Waals surface area (Å²) in [5.41, 5.74) is 1.66. The lowest BCUT2D eigenvalue weighted by molar-refractivity contribution is 0.101. The molecule has 0 radical (unpaired) electrons. The molecule has 1 fully saturated rings. The fourth-order valence-corrected chi connectivity index (χ4v) is 4.59. The van der Waals surface area contributed by atoms with Gasteiger partial charge in [0.2, 0.25) is 10.0 Å². The van der Waals surface area contributed by atoms with Gasteiger partial charge < -0.3 is 4.74 Å². The Morgan fingerprint density at radius 1 is 1.04 bits per heavy atom. The normalized spacial score (nSPS) is 16.2. The molecular formula is C20H24N2O4S. The lowest BCUT2D eigenvalue weighted by atomic mass is 10.2. The van der Waals surface area contributed by atoms with Gasteiger partial charge >= 0.3 is 0 Å². The molecule has 1 saturated heterocycles. The van der Waals surface area contributed by atoms with E-state index in [9.17, 15) is 13.2 Å². The number of carbonyl (C=O) groups excluding carboxylic acids is 1. The first-order valence-electron chi connectivity index (χ1n) is 8.86. The summed E-state index contributed by atoms with van der Waals surface area (Å²) in [4.78, 5) is 13.8. The number of piperazine rings is 1. The number of ketones is 1. The summed E-state index contributed by atoms with van der Waals surface area (Å²) in [6, 6.07) is 14.1. The summed E-state index contributed by atoms with van der Waals surface area (Å²) in [6.45, 7) is 4.45. The summed E-state index contributed by atoms with van der Waals surface area (Å²) >= 11 is 0. The highest BCUT2D eigenvalue weighted by molar-refractivity contribution is 7.89. The molecule has 3 rings (SSSR count). The number of benzene rings is 2. The van der Waals surface area contributed by atoms with Crippen molar-refractivity contribution in [3.05, 3.63) is 59.7 Å². The number of ether oxygens (including phenoxy) is 1. The van der Waals surface area contributed by atoms with Crippen molar-refractivity contribution in [3.8, 4) is 5.75 Å². The maximum Gasteiger partial charge on any atom is 0.243 e. The largest absolute Gasteiger partial charge is 0.497 e. The molecule has 0 atom stereocenters. The van der Waals surface area contributed by atoms with Gasteiger partial charge in [-0.15, -0.1) is 0 Å². The van der Waals surface area contributed by atoms with Crippen molar-refractivity contribution in [1.29, 1.82) is 0 Å². The van der Waals surface area contributed by atoms with Gasteiger partial charge in [-0.3, -0.25) is 9.69 Å². The van der Waals surface area contributed by atoms with Crippen LogP contribution in [0.1, 0.15) is 22.8 Å². The zero-order valence-corrected chi connectivity index (χ0v) is 16.4. The Morgan fingerprint density at radius 2 is 1.70 bits per heavy atom.